The summed E-state index contributed by atoms with van der Waals surface area (Å²) in [5, 5.41) is 16.5. The Kier molecular flexibility index (Phi) is 3.40. The fourth-order valence-electron chi connectivity index (χ4n) is 1.86. The predicted molar refractivity (Wildman–Crippen MR) is 65.3 cm³/mol. The fraction of sp³-hybridized carbons (Fsp3) is 0.455. The number of nitrogens with zero attached hydrogens (tertiary/aromatic N) is 2. The second kappa shape index (κ2) is 4.99. The summed E-state index contributed by atoms with van der Waals surface area (Å²) in [6.07, 6.45) is 2.46. The van der Waals surface area contributed by atoms with Crippen LogP contribution in [0.5, 0.6) is 0 Å². The zero-order valence-electron chi connectivity index (χ0n) is 9.97. The number of aryl methyl sites for hydroxylation is 1. The molecule has 0 spiro atoms. The van der Waals surface area contributed by atoms with Crippen molar-refractivity contribution >= 4 is 17.4 Å². The normalized spacial score (nSPS) is 19.2. The first kappa shape index (κ1) is 12.3. The summed E-state index contributed by atoms with van der Waals surface area (Å²) in [4.78, 5) is 25.2. The van der Waals surface area contributed by atoms with E-state index in [1.165, 1.54) is 12.3 Å². The molecule has 1 amide bonds. The van der Waals surface area contributed by atoms with Gasteiger partial charge in [-0.05, 0) is 18.9 Å². The molecule has 0 saturated carbocycles. The van der Waals surface area contributed by atoms with E-state index < -0.39 is 4.92 Å². The summed E-state index contributed by atoms with van der Waals surface area (Å²) in [6, 6.07) is 1.60. The first-order chi connectivity index (χ1) is 8.56. The molecule has 0 radical (unpaired) electrons. The van der Waals surface area contributed by atoms with Gasteiger partial charge in [0.25, 0.3) is 5.69 Å². The number of nitrogens with one attached hydrogen (secondary N) is 2. The average Bonchev–Trinajstić information content (AvgIpc) is 2.34. The molecule has 1 aromatic heterocycles. The number of rotatable bonds is 3. The number of aromatic nitrogens is 1. The summed E-state index contributed by atoms with van der Waals surface area (Å²) < 4.78 is 0. The van der Waals surface area contributed by atoms with Crippen LogP contribution < -0.4 is 10.6 Å². The van der Waals surface area contributed by atoms with Gasteiger partial charge in [0.05, 0.1) is 4.92 Å². The van der Waals surface area contributed by atoms with Gasteiger partial charge in [-0.3, -0.25) is 14.9 Å². The van der Waals surface area contributed by atoms with Gasteiger partial charge in [-0.2, -0.15) is 0 Å². The summed E-state index contributed by atoms with van der Waals surface area (Å²) in [5.41, 5.74) is 0.705. The molecule has 1 aromatic rings. The molecule has 1 fully saturated rings. The molecule has 0 aromatic carbocycles. The second-order valence-corrected chi connectivity index (χ2v) is 4.30. The first-order valence-corrected chi connectivity index (χ1v) is 5.70. The standard InChI is InChI=1S/C11H14N4O3/c1-7-4-9(15(17)18)6-13-11(7)14-8-2-3-10(16)12-5-8/h4,6,8H,2-3,5H2,1H3,(H,12,16)(H,13,14). The summed E-state index contributed by atoms with van der Waals surface area (Å²) in [6.45, 7) is 2.32. The third-order valence-electron chi connectivity index (χ3n) is 2.88. The number of hydrogen-bond donors (Lipinski definition) is 2. The van der Waals surface area contributed by atoms with Gasteiger partial charge in [-0.25, -0.2) is 4.98 Å². The Morgan fingerprint density at radius 1 is 1.61 bits per heavy atom. The number of pyridine rings is 1. The van der Waals surface area contributed by atoms with Gasteiger partial charge < -0.3 is 10.6 Å². The Balaban J connectivity index is 2.05. The minimum absolute atomic E-state index is 0.0185. The zero-order valence-corrected chi connectivity index (χ0v) is 9.97. The van der Waals surface area contributed by atoms with Gasteiger partial charge in [0.2, 0.25) is 5.91 Å². The number of anilines is 1. The van der Waals surface area contributed by atoms with Crippen molar-refractivity contribution in [3.63, 3.8) is 0 Å². The number of hydrogen-bond acceptors (Lipinski definition) is 5. The van der Waals surface area contributed by atoms with Crippen molar-refractivity contribution in [2.45, 2.75) is 25.8 Å². The maximum absolute atomic E-state index is 11.0. The lowest BCUT2D eigenvalue weighted by Gasteiger charge is -2.24. The number of nitro groups is 1. The van der Waals surface area contributed by atoms with E-state index in [4.69, 9.17) is 0 Å². The Morgan fingerprint density at radius 2 is 2.39 bits per heavy atom. The van der Waals surface area contributed by atoms with E-state index in [9.17, 15) is 14.9 Å². The van der Waals surface area contributed by atoms with Crippen molar-refractivity contribution in [2.24, 2.45) is 0 Å². The minimum Gasteiger partial charge on any atom is -0.365 e. The van der Waals surface area contributed by atoms with Crippen LogP contribution in [0.3, 0.4) is 0 Å². The SMILES string of the molecule is Cc1cc([N+](=O)[O-])cnc1NC1CCC(=O)NC1. The third kappa shape index (κ3) is 2.73. The van der Waals surface area contributed by atoms with Crippen molar-refractivity contribution in [3.05, 3.63) is 27.9 Å². The van der Waals surface area contributed by atoms with Crippen LogP contribution in [0.15, 0.2) is 12.3 Å². The highest BCUT2D eigenvalue weighted by Gasteiger charge is 2.19. The van der Waals surface area contributed by atoms with Crippen molar-refractivity contribution in [2.75, 3.05) is 11.9 Å². The van der Waals surface area contributed by atoms with E-state index in [2.05, 4.69) is 15.6 Å². The maximum atomic E-state index is 11.0. The van der Waals surface area contributed by atoms with E-state index >= 15 is 0 Å². The van der Waals surface area contributed by atoms with Crippen molar-refractivity contribution in [1.82, 2.24) is 10.3 Å². The van der Waals surface area contributed by atoms with E-state index in [0.29, 0.717) is 18.8 Å². The van der Waals surface area contributed by atoms with Gasteiger partial charge in [-0.15, -0.1) is 0 Å². The summed E-state index contributed by atoms with van der Waals surface area (Å²) >= 11 is 0. The molecule has 2 N–H and O–H groups in total. The first-order valence-electron chi connectivity index (χ1n) is 5.70. The van der Waals surface area contributed by atoms with E-state index in [1.807, 2.05) is 0 Å². The van der Waals surface area contributed by atoms with Crippen LogP contribution in [-0.4, -0.2) is 28.4 Å². The second-order valence-electron chi connectivity index (χ2n) is 4.30. The molecule has 2 heterocycles. The van der Waals surface area contributed by atoms with Crippen LogP contribution in [0.2, 0.25) is 0 Å². The number of carbonyl (C=O) groups is 1. The Morgan fingerprint density at radius 3 is 2.94 bits per heavy atom. The van der Waals surface area contributed by atoms with E-state index in [1.54, 1.807) is 6.92 Å². The van der Waals surface area contributed by atoms with Gasteiger partial charge in [0.15, 0.2) is 0 Å². The van der Waals surface area contributed by atoms with Gasteiger partial charge in [0, 0.05) is 25.1 Å². The fourth-order valence-corrected chi connectivity index (χ4v) is 1.86. The topological polar surface area (TPSA) is 97.2 Å². The largest absolute Gasteiger partial charge is 0.365 e. The van der Waals surface area contributed by atoms with Crippen LogP contribution in [0, 0.1) is 17.0 Å². The van der Waals surface area contributed by atoms with Gasteiger partial charge in [-0.1, -0.05) is 0 Å². The van der Waals surface area contributed by atoms with Crippen LogP contribution >= 0.6 is 0 Å². The van der Waals surface area contributed by atoms with Crippen molar-refractivity contribution < 1.29 is 9.72 Å². The molecular weight excluding hydrogens is 236 g/mol. The molecular formula is C11H14N4O3. The smallest absolute Gasteiger partial charge is 0.287 e. The molecule has 0 bridgehead atoms. The molecule has 1 unspecified atom stereocenters. The number of carbonyl (C=O) groups excluding carboxylic acids is 1. The third-order valence-corrected chi connectivity index (χ3v) is 2.88. The Hall–Kier alpha value is -2.18. The highest BCUT2D eigenvalue weighted by Crippen LogP contribution is 2.19. The summed E-state index contributed by atoms with van der Waals surface area (Å²) in [7, 11) is 0. The molecule has 1 aliphatic heterocycles. The molecule has 1 atom stereocenters. The number of piperidine rings is 1. The molecule has 0 aliphatic carbocycles. The van der Waals surface area contributed by atoms with E-state index in [0.717, 1.165) is 12.0 Å². The quantitative estimate of drug-likeness (QED) is 0.615. The lowest BCUT2D eigenvalue weighted by molar-refractivity contribution is -0.385. The van der Waals surface area contributed by atoms with Crippen LogP contribution in [0.25, 0.3) is 0 Å². The molecule has 2 rings (SSSR count). The van der Waals surface area contributed by atoms with Crippen molar-refractivity contribution in [1.29, 1.82) is 0 Å². The minimum atomic E-state index is -0.468. The highest BCUT2D eigenvalue weighted by atomic mass is 16.6. The monoisotopic (exact) mass is 250 g/mol. The van der Waals surface area contributed by atoms with Crippen LogP contribution in [-0.2, 0) is 4.79 Å². The zero-order chi connectivity index (χ0) is 13.1. The van der Waals surface area contributed by atoms with E-state index in [-0.39, 0.29) is 17.6 Å². The molecule has 18 heavy (non-hydrogen) atoms. The lowest BCUT2D eigenvalue weighted by atomic mass is 10.1. The van der Waals surface area contributed by atoms with Gasteiger partial charge in [0.1, 0.15) is 12.0 Å². The molecule has 1 aliphatic rings. The molecule has 7 heteroatoms. The Bertz CT molecular complexity index is 479. The summed E-state index contributed by atoms with van der Waals surface area (Å²) in [5.74, 6) is 0.683. The van der Waals surface area contributed by atoms with Crippen molar-refractivity contribution in [3.8, 4) is 0 Å². The van der Waals surface area contributed by atoms with Crippen LogP contribution in [0.1, 0.15) is 18.4 Å². The molecule has 96 valence electrons. The average molecular weight is 250 g/mol. The molecule has 1 saturated heterocycles. The van der Waals surface area contributed by atoms with Gasteiger partial charge >= 0.3 is 0 Å². The number of amides is 1. The maximum Gasteiger partial charge on any atom is 0.287 e. The Labute approximate surface area is 104 Å². The molecule has 7 nitrogen and oxygen atoms in total. The lowest BCUT2D eigenvalue weighted by Crippen LogP contribution is -2.42. The predicted octanol–water partition coefficient (Wildman–Crippen LogP) is 0.989. The van der Waals surface area contributed by atoms with Crippen LogP contribution in [0.4, 0.5) is 11.5 Å². The highest BCUT2D eigenvalue weighted by molar-refractivity contribution is 5.77.